The summed E-state index contributed by atoms with van der Waals surface area (Å²) in [6.07, 6.45) is 0.525. The molecule has 6 heteroatoms. The average Bonchev–Trinajstić information content (AvgIpc) is 3.06. The van der Waals surface area contributed by atoms with Crippen LogP contribution < -0.4 is 10.2 Å². The summed E-state index contributed by atoms with van der Waals surface area (Å²) in [6, 6.07) is 23.4. The van der Waals surface area contributed by atoms with Crippen LogP contribution in [0.2, 0.25) is 0 Å². The van der Waals surface area contributed by atoms with Crippen LogP contribution in [0.15, 0.2) is 78.9 Å². The predicted octanol–water partition coefficient (Wildman–Crippen LogP) is 3.51. The highest BCUT2D eigenvalue weighted by Crippen LogP contribution is 2.32. The molecule has 5 rings (SSSR count). The van der Waals surface area contributed by atoms with E-state index in [1.54, 1.807) is 29.2 Å². The molecule has 0 unspecified atom stereocenters. The Balaban J connectivity index is 1.30. The number of hydrogen-bond donors (Lipinski definition) is 1. The van der Waals surface area contributed by atoms with Crippen LogP contribution in [0, 0.1) is 0 Å². The number of anilines is 1. The third-order valence-corrected chi connectivity index (χ3v) is 5.87. The van der Waals surface area contributed by atoms with Gasteiger partial charge in [-0.15, -0.1) is 0 Å². The second kappa shape index (κ2) is 7.72. The number of nitrogens with one attached hydrogen (secondary N) is 1. The smallest absolute Gasteiger partial charge is 0.332 e. The number of hydrogen-bond acceptors (Lipinski definition) is 3. The zero-order chi connectivity index (χ0) is 21.4. The van der Waals surface area contributed by atoms with Crippen LogP contribution in [0.1, 0.15) is 27.0 Å². The number of rotatable bonds is 4. The fraction of sp³-hybridized carbons (Fsp3) is 0.160. The van der Waals surface area contributed by atoms with Crippen LogP contribution in [-0.2, 0) is 24.3 Å². The first kappa shape index (κ1) is 19.1. The van der Waals surface area contributed by atoms with Gasteiger partial charge in [-0.3, -0.25) is 9.59 Å². The molecule has 1 N–H and O–H groups in total. The highest BCUT2D eigenvalue weighted by Gasteiger charge is 2.47. The van der Waals surface area contributed by atoms with Gasteiger partial charge in [0.25, 0.3) is 11.8 Å². The zero-order valence-corrected chi connectivity index (χ0v) is 16.8. The lowest BCUT2D eigenvalue weighted by Gasteiger charge is -2.28. The van der Waals surface area contributed by atoms with Gasteiger partial charge >= 0.3 is 6.03 Å². The minimum absolute atomic E-state index is 0.206. The van der Waals surface area contributed by atoms with Gasteiger partial charge in [0.1, 0.15) is 6.04 Å². The molecule has 2 heterocycles. The summed E-state index contributed by atoms with van der Waals surface area (Å²) in [7, 11) is 0. The van der Waals surface area contributed by atoms with Crippen molar-refractivity contribution in [3.05, 3.63) is 101 Å². The Morgan fingerprint density at radius 3 is 2.29 bits per heavy atom. The fourth-order valence-corrected chi connectivity index (χ4v) is 4.20. The minimum Gasteiger partial charge on any atom is -0.348 e. The van der Waals surface area contributed by atoms with Crippen LogP contribution >= 0.6 is 0 Å². The minimum atomic E-state index is -0.476. The van der Waals surface area contributed by atoms with E-state index in [0.29, 0.717) is 30.8 Å². The Morgan fingerprint density at radius 1 is 0.871 bits per heavy atom. The highest BCUT2D eigenvalue weighted by atomic mass is 16.2. The molecular formula is C25H21N3O3. The maximum absolute atomic E-state index is 13.0. The van der Waals surface area contributed by atoms with Crippen LogP contribution in [0.4, 0.5) is 10.5 Å². The Kier molecular flexibility index (Phi) is 4.75. The largest absolute Gasteiger partial charge is 0.348 e. The normalized spacial score (nSPS) is 17.4. The Labute approximate surface area is 180 Å². The summed E-state index contributed by atoms with van der Waals surface area (Å²) < 4.78 is 0. The molecule has 1 fully saturated rings. The average molecular weight is 411 g/mol. The van der Waals surface area contributed by atoms with E-state index in [1.165, 1.54) is 4.90 Å². The van der Waals surface area contributed by atoms with Gasteiger partial charge in [0.15, 0.2) is 0 Å². The first-order chi connectivity index (χ1) is 15.1. The molecule has 3 aromatic rings. The van der Waals surface area contributed by atoms with Crippen LogP contribution in [0.25, 0.3) is 0 Å². The molecule has 1 atom stereocenters. The van der Waals surface area contributed by atoms with E-state index in [1.807, 2.05) is 54.6 Å². The molecule has 2 aliphatic rings. The van der Waals surface area contributed by atoms with Gasteiger partial charge in [0.05, 0.1) is 5.69 Å². The maximum Gasteiger partial charge on any atom is 0.332 e. The van der Waals surface area contributed by atoms with Gasteiger partial charge in [-0.2, -0.15) is 0 Å². The number of urea groups is 1. The zero-order valence-electron chi connectivity index (χ0n) is 16.8. The van der Waals surface area contributed by atoms with Crippen molar-refractivity contribution in [2.75, 3.05) is 4.90 Å². The van der Waals surface area contributed by atoms with Crippen molar-refractivity contribution in [2.24, 2.45) is 0 Å². The molecule has 0 saturated carbocycles. The van der Waals surface area contributed by atoms with Gasteiger partial charge in [0, 0.05) is 25.1 Å². The monoisotopic (exact) mass is 411 g/mol. The van der Waals surface area contributed by atoms with Crippen molar-refractivity contribution in [1.82, 2.24) is 10.2 Å². The summed E-state index contributed by atoms with van der Waals surface area (Å²) >= 11 is 0. The molecule has 0 aliphatic carbocycles. The fourth-order valence-electron chi connectivity index (χ4n) is 4.20. The first-order valence-corrected chi connectivity index (χ1v) is 10.3. The number of benzene rings is 3. The van der Waals surface area contributed by atoms with E-state index < -0.39 is 6.04 Å². The van der Waals surface area contributed by atoms with Crippen molar-refractivity contribution in [3.8, 4) is 0 Å². The van der Waals surface area contributed by atoms with E-state index in [4.69, 9.17) is 0 Å². The molecule has 0 spiro atoms. The molecule has 31 heavy (non-hydrogen) atoms. The summed E-state index contributed by atoms with van der Waals surface area (Å²) in [5, 5.41) is 2.88. The van der Waals surface area contributed by atoms with Crippen molar-refractivity contribution in [2.45, 2.75) is 25.6 Å². The summed E-state index contributed by atoms with van der Waals surface area (Å²) in [5.41, 5.74) is 4.15. The van der Waals surface area contributed by atoms with Crippen LogP contribution in [0.5, 0.6) is 0 Å². The molecule has 3 aromatic carbocycles. The Bertz CT molecular complexity index is 1120. The van der Waals surface area contributed by atoms with Crippen molar-refractivity contribution in [3.63, 3.8) is 0 Å². The maximum atomic E-state index is 13.0. The van der Waals surface area contributed by atoms with Crippen molar-refractivity contribution < 1.29 is 14.4 Å². The molecule has 4 amide bonds. The number of carbonyl (C=O) groups is 3. The molecule has 2 aliphatic heterocycles. The molecule has 0 radical (unpaired) electrons. The first-order valence-electron chi connectivity index (χ1n) is 10.3. The van der Waals surface area contributed by atoms with E-state index in [9.17, 15) is 14.4 Å². The SMILES string of the molecule is O=C(NCc1ccccc1)c1ccc(N2C(=O)[C@@H]3Cc4ccccc4CN3C2=O)cc1. The van der Waals surface area contributed by atoms with E-state index in [-0.39, 0.29) is 17.8 Å². The number of fused-ring (bicyclic) bond motifs is 2. The highest BCUT2D eigenvalue weighted by molar-refractivity contribution is 6.21. The molecule has 154 valence electrons. The predicted molar refractivity (Wildman–Crippen MR) is 116 cm³/mol. The Morgan fingerprint density at radius 2 is 1.55 bits per heavy atom. The van der Waals surface area contributed by atoms with Crippen molar-refractivity contribution >= 4 is 23.5 Å². The molecule has 0 bridgehead atoms. The third kappa shape index (κ3) is 3.46. The van der Waals surface area contributed by atoms with E-state index in [0.717, 1.165) is 16.7 Å². The number of nitrogens with zero attached hydrogens (tertiary/aromatic N) is 2. The van der Waals surface area contributed by atoms with Crippen LogP contribution in [-0.4, -0.2) is 28.8 Å². The second-order valence-electron chi connectivity index (χ2n) is 7.79. The molecule has 0 aromatic heterocycles. The summed E-state index contributed by atoms with van der Waals surface area (Å²) in [6.45, 7) is 0.865. The summed E-state index contributed by atoms with van der Waals surface area (Å²) in [4.78, 5) is 41.3. The number of carbonyl (C=O) groups excluding carboxylic acids is 3. The quantitative estimate of drug-likeness (QED) is 0.668. The van der Waals surface area contributed by atoms with Gasteiger partial charge in [-0.25, -0.2) is 9.69 Å². The van der Waals surface area contributed by atoms with Crippen LogP contribution in [0.3, 0.4) is 0 Å². The van der Waals surface area contributed by atoms with E-state index >= 15 is 0 Å². The van der Waals surface area contributed by atoms with Gasteiger partial charge in [-0.05, 0) is 41.0 Å². The molecular weight excluding hydrogens is 390 g/mol. The Hall–Kier alpha value is -3.93. The topological polar surface area (TPSA) is 69.7 Å². The van der Waals surface area contributed by atoms with Gasteiger partial charge < -0.3 is 10.2 Å². The molecule has 6 nitrogen and oxygen atoms in total. The van der Waals surface area contributed by atoms with Gasteiger partial charge in [0.2, 0.25) is 0 Å². The van der Waals surface area contributed by atoms with E-state index in [2.05, 4.69) is 5.32 Å². The lowest BCUT2D eigenvalue weighted by Crippen LogP contribution is -2.39. The summed E-state index contributed by atoms with van der Waals surface area (Å²) in [5.74, 6) is -0.428. The second-order valence-corrected chi connectivity index (χ2v) is 7.79. The van der Waals surface area contributed by atoms with Crippen molar-refractivity contribution in [1.29, 1.82) is 0 Å². The third-order valence-electron chi connectivity index (χ3n) is 5.87. The lowest BCUT2D eigenvalue weighted by atomic mass is 9.95. The number of amides is 4. The number of imide groups is 1. The van der Waals surface area contributed by atoms with Gasteiger partial charge in [-0.1, -0.05) is 54.6 Å². The lowest BCUT2D eigenvalue weighted by molar-refractivity contribution is -0.120. The molecule has 1 saturated heterocycles. The standard InChI is InChI=1S/C25H21N3O3/c29-23(26-15-17-6-2-1-3-7-17)18-10-12-21(13-11-18)28-24(30)22-14-19-8-4-5-9-20(19)16-27(22)25(28)31/h1-13,22H,14-16H2,(H,26,29)/t22-/m0/s1.